The maximum absolute atomic E-state index is 5.62. The highest BCUT2D eigenvalue weighted by Gasteiger charge is 2.11. The van der Waals surface area contributed by atoms with Crippen molar-refractivity contribution < 1.29 is 0 Å². The van der Waals surface area contributed by atoms with Crippen molar-refractivity contribution in [1.29, 1.82) is 0 Å². The first-order valence-corrected chi connectivity index (χ1v) is 6.24. The smallest absolute Gasteiger partial charge is 0.223 e. The van der Waals surface area contributed by atoms with Crippen molar-refractivity contribution in [1.82, 2.24) is 9.97 Å². The lowest BCUT2D eigenvalue weighted by molar-refractivity contribution is 0.912. The fourth-order valence-corrected chi connectivity index (χ4v) is 2.40. The van der Waals surface area contributed by atoms with Gasteiger partial charge in [-0.2, -0.15) is 9.97 Å². The fourth-order valence-electron chi connectivity index (χ4n) is 2.40. The first-order valence-electron chi connectivity index (χ1n) is 6.24. The molecule has 0 saturated carbocycles. The number of aromatic nitrogens is 2. The number of aryl methyl sites for hydroxylation is 2. The number of nitrogen functional groups attached to an aromatic ring is 2. The van der Waals surface area contributed by atoms with Crippen LogP contribution in [0.3, 0.4) is 0 Å². The van der Waals surface area contributed by atoms with Crippen LogP contribution in [0.5, 0.6) is 0 Å². The van der Waals surface area contributed by atoms with Gasteiger partial charge in [-0.15, -0.1) is 0 Å². The van der Waals surface area contributed by atoms with E-state index in [1.54, 1.807) is 6.07 Å². The number of nitrogens with one attached hydrogen (secondary N) is 2. The number of fused-ring (bicyclic) bond motifs is 1. The Kier molecular flexibility index (Phi) is 2.92. The van der Waals surface area contributed by atoms with Gasteiger partial charge in [-0.3, -0.25) is 0 Å². The number of nitrogens with zero attached hydrogens (tertiary/aromatic N) is 2. The molecule has 6 heteroatoms. The van der Waals surface area contributed by atoms with Crippen molar-refractivity contribution in [3.05, 3.63) is 35.4 Å². The van der Waals surface area contributed by atoms with Crippen LogP contribution in [0.2, 0.25) is 0 Å². The van der Waals surface area contributed by atoms with Crippen molar-refractivity contribution in [3.8, 4) is 0 Å². The average molecular weight is 256 g/mol. The topological polar surface area (TPSA) is 102 Å². The Hall–Kier alpha value is -2.34. The first kappa shape index (κ1) is 11.7. The lowest BCUT2D eigenvalue weighted by Crippen LogP contribution is -2.11. The number of benzene rings is 1. The Morgan fingerprint density at radius 1 is 1.00 bits per heavy atom. The molecule has 0 fully saturated rings. The minimum Gasteiger partial charge on any atom is -0.368 e. The van der Waals surface area contributed by atoms with Crippen LogP contribution in [0, 0.1) is 0 Å². The highest BCUT2D eigenvalue weighted by Crippen LogP contribution is 2.26. The summed E-state index contributed by atoms with van der Waals surface area (Å²) < 4.78 is 0. The summed E-state index contributed by atoms with van der Waals surface area (Å²) in [5.74, 6) is 6.62. The predicted molar refractivity (Wildman–Crippen MR) is 76.0 cm³/mol. The molecule has 6 N–H and O–H groups in total. The molecule has 1 aromatic carbocycles. The third-order valence-corrected chi connectivity index (χ3v) is 3.26. The molecule has 0 aliphatic heterocycles. The molecular formula is C13H16N6. The van der Waals surface area contributed by atoms with Crippen LogP contribution in [-0.4, -0.2) is 9.97 Å². The summed E-state index contributed by atoms with van der Waals surface area (Å²) in [7, 11) is 0. The molecule has 2 aromatic rings. The molecule has 0 radical (unpaired) electrons. The molecular weight excluding hydrogens is 240 g/mol. The zero-order valence-corrected chi connectivity index (χ0v) is 10.5. The maximum Gasteiger partial charge on any atom is 0.223 e. The summed E-state index contributed by atoms with van der Waals surface area (Å²) in [6.07, 6.45) is 3.56. The van der Waals surface area contributed by atoms with E-state index < -0.39 is 0 Å². The summed E-state index contributed by atoms with van der Waals surface area (Å²) >= 11 is 0. The van der Waals surface area contributed by atoms with Gasteiger partial charge < -0.3 is 16.5 Å². The maximum atomic E-state index is 5.62. The van der Waals surface area contributed by atoms with Crippen LogP contribution in [0.25, 0.3) is 0 Å². The van der Waals surface area contributed by atoms with Gasteiger partial charge in [0.25, 0.3) is 0 Å². The highest BCUT2D eigenvalue weighted by molar-refractivity contribution is 5.62. The van der Waals surface area contributed by atoms with Crippen LogP contribution in [0.1, 0.15) is 17.5 Å². The van der Waals surface area contributed by atoms with E-state index in [9.17, 15) is 0 Å². The predicted octanol–water partition coefficient (Wildman–Crippen LogP) is 1.58. The molecule has 0 atom stereocenters. The average Bonchev–Trinajstić information content (AvgIpc) is 2.85. The van der Waals surface area contributed by atoms with Crippen LogP contribution < -0.4 is 22.3 Å². The molecule has 19 heavy (non-hydrogen) atoms. The van der Waals surface area contributed by atoms with E-state index in [1.165, 1.54) is 24.0 Å². The molecule has 1 aliphatic carbocycles. The van der Waals surface area contributed by atoms with Gasteiger partial charge in [0.1, 0.15) is 11.6 Å². The first-order chi connectivity index (χ1) is 9.24. The SMILES string of the molecule is NNc1cc(Nc2ccc3c(c2)CCC3)nc(N)n1. The summed E-state index contributed by atoms with van der Waals surface area (Å²) in [5, 5.41) is 3.22. The van der Waals surface area contributed by atoms with Gasteiger partial charge in [0.05, 0.1) is 0 Å². The van der Waals surface area contributed by atoms with E-state index in [-0.39, 0.29) is 5.95 Å². The normalized spacial score (nSPS) is 13.1. The van der Waals surface area contributed by atoms with Gasteiger partial charge in [-0.1, -0.05) is 6.07 Å². The van der Waals surface area contributed by atoms with Gasteiger partial charge >= 0.3 is 0 Å². The Labute approximate surface area is 111 Å². The number of hydrogen-bond donors (Lipinski definition) is 4. The molecule has 0 unspecified atom stereocenters. The Bertz CT molecular complexity index is 610. The van der Waals surface area contributed by atoms with Gasteiger partial charge in [0, 0.05) is 11.8 Å². The molecule has 0 spiro atoms. The van der Waals surface area contributed by atoms with Crippen molar-refractivity contribution in [2.75, 3.05) is 16.5 Å². The second-order valence-corrected chi connectivity index (χ2v) is 4.60. The molecule has 3 rings (SSSR count). The minimum atomic E-state index is 0.180. The van der Waals surface area contributed by atoms with E-state index in [0.717, 1.165) is 12.1 Å². The molecule has 1 heterocycles. The van der Waals surface area contributed by atoms with Gasteiger partial charge in [-0.25, -0.2) is 5.84 Å². The highest BCUT2D eigenvalue weighted by atomic mass is 15.3. The van der Waals surface area contributed by atoms with Crippen LogP contribution in [0.15, 0.2) is 24.3 Å². The van der Waals surface area contributed by atoms with Crippen LogP contribution >= 0.6 is 0 Å². The molecule has 1 aromatic heterocycles. The van der Waals surface area contributed by atoms with E-state index in [2.05, 4.69) is 38.9 Å². The lowest BCUT2D eigenvalue weighted by Gasteiger charge is -2.09. The number of rotatable bonds is 3. The Morgan fingerprint density at radius 3 is 2.63 bits per heavy atom. The van der Waals surface area contributed by atoms with E-state index >= 15 is 0 Å². The Morgan fingerprint density at radius 2 is 1.79 bits per heavy atom. The lowest BCUT2D eigenvalue weighted by atomic mass is 10.1. The third kappa shape index (κ3) is 2.43. The van der Waals surface area contributed by atoms with Crippen molar-refractivity contribution in [3.63, 3.8) is 0 Å². The van der Waals surface area contributed by atoms with Gasteiger partial charge in [0.2, 0.25) is 5.95 Å². The molecule has 0 saturated heterocycles. The molecule has 1 aliphatic rings. The van der Waals surface area contributed by atoms with Crippen molar-refractivity contribution in [2.24, 2.45) is 5.84 Å². The van der Waals surface area contributed by atoms with Gasteiger partial charge in [-0.05, 0) is 42.5 Å². The zero-order valence-electron chi connectivity index (χ0n) is 10.5. The van der Waals surface area contributed by atoms with E-state index in [4.69, 9.17) is 11.6 Å². The number of hydrogen-bond acceptors (Lipinski definition) is 6. The summed E-state index contributed by atoms with van der Waals surface area (Å²) in [5.41, 5.74) is 11.9. The van der Waals surface area contributed by atoms with E-state index in [1.807, 2.05) is 0 Å². The molecule has 98 valence electrons. The number of nitrogens with two attached hydrogens (primary N) is 2. The van der Waals surface area contributed by atoms with Crippen LogP contribution in [0.4, 0.5) is 23.3 Å². The number of anilines is 4. The second kappa shape index (κ2) is 4.74. The fraction of sp³-hybridized carbons (Fsp3) is 0.231. The standard InChI is InChI=1S/C13H16N6/c14-13-17-11(7-12(18-13)19-15)16-10-5-4-8-2-1-3-9(8)6-10/h4-7H,1-3,15H2,(H4,14,16,17,18,19). The van der Waals surface area contributed by atoms with E-state index in [0.29, 0.717) is 11.6 Å². The molecule has 0 bridgehead atoms. The third-order valence-electron chi connectivity index (χ3n) is 3.26. The summed E-state index contributed by atoms with van der Waals surface area (Å²) in [4.78, 5) is 8.07. The van der Waals surface area contributed by atoms with Gasteiger partial charge in [0.15, 0.2) is 0 Å². The molecule has 0 amide bonds. The number of hydrazine groups is 1. The van der Waals surface area contributed by atoms with Crippen molar-refractivity contribution >= 4 is 23.3 Å². The summed E-state index contributed by atoms with van der Waals surface area (Å²) in [6, 6.07) is 8.09. The minimum absolute atomic E-state index is 0.180. The van der Waals surface area contributed by atoms with Crippen molar-refractivity contribution in [2.45, 2.75) is 19.3 Å². The quantitative estimate of drug-likeness (QED) is 0.491. The monoisotopic (exact) mass is 256 g/mol. The zero-order chi connectivity index (χ0) is 13.2. The van der Waals surface area contributed by atoms with Crippen LogP contribution in [-0.2, 0) is 12.8 Å². The summed E-state index contributed by atoms with van der Waals surface area (Å²) in [6.45, 7) is 0. The largest absolute Gasteiger partial charge is 0.368 e. The molecule has 6 nitrogen and oxygen atoms in total. The second-order valence-electron chi connectivity index (χ2n) is 4.60. The Balaban J connectivity index is 1.86.